The van der Waals surface area contributed by atoms with Crippen LogP contribution >= 0.6 is 22.9 Å². The summed E-state index contributed by atoms with van der Waals surface area (Å²) >= 11 is 7.09. The van der Waals surface area contributed by atoms with E-state index in [9.17, 15) is 5.11 Å². The Hall–Kier alpha value is -0.320. The molecule has 0 saturated carbocycles. The lowest BCUT2D eigenvalue weighted by atomic mass is 9.99. The van der Waals surface area contributed by atoms with Crippen LogP contribution in [0.15, 0.2) is 6.20 Å². The molecule has 74 valence electrons. The van der Waals surface area contributed by atoms with Crippen molar-refractivity contribution in [3.8, 4) is 0 Å². The second kappa shape index (κ2) is 3.82. The number of hydrogen-bond donors (Lipinski definition) is 2. The van der Waals surface area contributed by atoms with Crippen LogP contribution in [0, 0.1) is 0 Å². The van der Waals surface area contributed by atoms with E-state index in [4.69, 9.17) is 11.6 Å². The van der Waals surface area contributed by atoms with E-state index in [1.807, 2.05) is 13.8 Å². The molecule has 1 rings (SSSR count). The van der Waals surface area contributed by atoms with Gasteiger partial charge in [0.1, 0.15) is 4.34 Å². The minimum Gasteiger partial charge on any atom is -0.391 e. The maximum Gasteiger partial charge on any atom is 0.184 e. The molecule has 0 amide bonds. The van der Waals surface area contributed by atoms with Crippen LogP contribution in [0.2, 0.25) is 4.34 Å². The van der Waals surface area contributed by atoms with E-state index in [1.54, 1.807) is 13.1 Å². The number of nitrogens with one attached hydrogen (secondary N) is 1. The van der Waals surface area contributed by atoms with E-state index in [0.717, 1.165) is 5.13 Å². The number of anilines is 1. The summed E-state index contributed by atoms with van der Waals surface area (Å²) in [4.78, 5) is 4.05. The molecule has 1 atom stereocenters. The molecule has 0 aromatic carbocycles. The van der Waals surface area contributed by atoms with E-state index in [1.165, 1.54) is 11.3 Å². The van der Waals surface area contributed by atoms with Gasteiger partial charge in [-0.2, -0.15) is 0 Å². The summed E-state index contributed by atoms with van der Waals surface area (Å²) in [5.41, 5.74) is -0.388. The third-order valence-electron chi connectivity index (χ3n) is 1.95. The third kappa shape index (κ3) is 2.83. The normalized spacial score (nSPS) is 14.2. The quantitative estimate of drug-likeness (QED) is 0.822. The van der Waals surface area contributed by atoms with Crippen LogP contribution in [0.25, 0.3) is 0 Å². The molecule has 0 spiro atoms. The minimum absolute atomic E-state index is 0.388. The molecule has 1 aromatic rings. The van der Waals surface area contributed by atoms with Crippen molar-refractivity contribution in [1.29, 1.82) is 0 Å². The van der Waals surface area contributed by atoms with Crippen molar-refractivity contribution in [2.75, 3.05) is 5.32 Å². The number of hydrogen-bond acceptors (Lipinski definition) is 4. The summed E-state index contributed by atoms with van der Waals surface area (Å²) in [6, 6.07) is 0. The Morgan fingerprint density at radius 2 is 2.31 bits per heavy atom. The van der Waals surface area contributed by atoms with Gasteiger partial charge in [0.05, 0.1) is 17.8 Å². The summed E-state index contributed by atoms with van der Waals surface area (Å²) < 4.78 is 0.642. The van der Waals surface area contributed by atoms with Crippen molar-refractivity contribution in [3.63, 3.8) is 0 Å². The van der Waals surface area contributed by atoms with Crippen molar-refractivity contribution < 1.29 is 5.11 Å². The Bertz CT molecular complexity index is 285. The fourth-order valence-electron chi connectivity index (χ4n) is 0.692. The lowest BCUT2D eigenvalue weighted by Crippen LogP contribution is -2.41. The number of aliphatic hydroxyl groups is 1. The Morgan fingerprint density at radius 3 is 2.69 bits per heavy atom. The van der Waals surface area contributed by atoms with Crippen LogP contribution in [0.3, 0.4) is 0 Å². The Morgan fingerprint density at radius 1 is 1.69 bits per heavy atom. The Labute approximate surface area is 86.8 Å². The van der Waals surface area contributed by atoms with Gasteiger partial charge in [0.25, 0.3) is 0 Å². The molecule has 3 nitrogen and oxygen atoms in total. The molecule has 2 N–H and O–H groups in total. The van der Waals surface area contributed by atoms with E-state index in [0.29, 0.717) is 4.34 Å². The highest BCUT2D eigenvalue weighted by molar-refractivity contribution is 7.19. The molecule has 1 aromatic heterocycles. The molecule has 13 heavy (non-hydrogen) atoms. The average molecular weight is 221 g/mol. The second-order valence-electron chi connectivity index (χ2n) is 3.49. The van der Waals surface area contributed by atoms with Crippen molar-refractivity contribution in [3.05, 3.63) is 10.5 Å². The first-order valence-corrected chi connectivity index (χ1v) is 5.19. The van der Waals surface area contributed by atoms with Crippen molar-refractivity contribution >= 4 is 28.1 Å². The number of halogens is 1. The predicted octanol–water partition coefficient (Wildman–Crippen LogP) is 2.37. The summed E-state index contributed by atoms with van der Waals surface area (Å²) in [5.74, 6) is 0. The number of thiazole rings is 1. The fourth-order valence-corrected chi connectivity index (χ4v) is 1.67. The van der Waals surface area contributed by atoms with Crippen LogP contribution in [-0.4, -0.2) is 21.7 Å². The van der Waals surface area contributed by atoms with Gasteiger partial charge in [-0.15, -0.1) is 0 Å². The number of aromatic nitrogens is 1. The molecule has 0 radical (unpaired) electrons. The number of aliphatic hydroxyl groups excluding tert-OH is 1. The minimum atomic E-state index is -0.449. The summed E-state index contributed by atoms with van der Waals surface area (Å²) in [7, 11) is 0. The molecule has 0 bridgehead atoms. The lowest BCUT2D eigenvalue weighted by Gasteiger charge is -2.28. The topological polar surface area (TPSA) is 45.1 Å². The largest absolute Gasteiger partial charge is 0.391 e. The molecule has 0 aliphatic rings. The van der Waals surface area contributed by atoms with Crippen molar-refractivity contribution in [2.45, 2.75) is 32.4 Å². The van der Waals surface area contributed by atoms with Crippen LogP contribution in [0.1, 0.15) is 20.8 Å². The van der Waals surface area contributed by atoms with Gasteiger partial charge >= 0.3 is 0 Å². The Kier molecular flexibility index (Phi) is 3.16. The van der Waals surface area contributed by atoms with Crippen LogP contribution < -0.4 is 5.32 Å². The van der Waals surface area contributed by atoms with Crippen molar-refractivity contribution in [2.24, 2.45) is 0 Å². The highest BCUT2D eigenvalue weighted by atomic mass is 35.5. The van der Waals surface area contributed by atoms with Gasteiger partial charge in [-0.05, 0) is 20.8 Å². The van der Waals surface area contributed by atoms with Crippen LogP contribution in [0.4, 0.5) is 5.13 Å². The molecule has 0 aliphatic heterocycles. The van der Waals surface area contributed by atoms with E-state index < -0.39 is 6.10 Å². The SMILES string of the molecule is CC(O)C(C)(C)Nc1ncc(Cl)s1. The lowest BCUT2D eigenvalue weighted by molar-refractivity contribution is 0.133. The maximum atomic E-state index is 9.43. The van der Waals surface area contributed by atoms with Gasteiger partial charge < -0.3 is 10.4 Å². The highest BCUT2D eigenvalue weighted by Crippen LogP contribution is 2.26. The zero-order valence-electron chi connectivity index (χ0n) is 7.84. The summed E-state index contributed by atoms with van der Waals surface area (Å²) in [6.45, 7) is 5.56. The molecule has 0 fully saturated rings. The molecule has 1 unspecified atom stereocenters. The Balaban J connectivity index is 2.68. The van der Waals surface area contributed by atoms with E-state index >= 15 is 0 Å². The highest BCUT2D eigenvalue weighted by Gasteiger charge is 2.24. The van der Waals surface area contributed by atoms with Gasteiger partial charge in [-0.25, -0.2) is 4.98 Å². The maximum absolute atomic E-state index is 9.43. The van der Waals surface area contributed by atoms with Crippen LogP contribution in [-0.2, 0) is 0 Å². The van der Waals surface area contributed by atoms with Crippen molar-refractivity contribution in [1.82, 2.24) is 4.98 Å². The standard InChI is InChI=1S/C8H13ClN2OS/c1-5(12)8(2,3)11-7-10-4-6(9)13-7/h4-5,12H,1-3H3,(H,10,11). The monoisotopic (exact) mass is 220 g/mol. The predicted molar refractivity (Wildman–Crippen MR) is 56.5 cm³/mol. The van der Waals surface area contributed by atoms with Gasteiger partial charge in [-0.3, -0.25) is 0 Å². The number of nitrogens with zero attached hydrogens (tertiary/aromatic N) is 1. The zero-order chi connectivity index (χ0) is 10.1. The summed E-state index contributed by atoms with van der Waals surface area (Å²) in [5, 5.41) is 13.3. The van der Waals surface area contributed by atoms with E-state index in [-0.39, 0.29) is 5.54 Å². The number of rotatable bonds is 3. The van der Waals surface area contributed by atoms with Crippen LogP contribution in [0.5, 0.6) is 0 Å². The zero-order valence-corrected chi connectivity index (χ0v) is 9.41. The molecular formula is C8H13ClN2OS. The van der Waals surface area contributed by atoms with Gasteiger partial charge in [-0.1, -0.05) is 22.9 Å². The van der Waals surface area contributed by atoms with Gasteiger partial charge in [0, 0.05) is 0 Å². The van der Waals surface area contributed by atoms with Gasteiger partial charge in [0.15, 0.2) is 5.13 Å². The first-order chi connectivity index (χ1) is 5.92. The first kappa shape index (κ1) is 10.8. The first-order valence-electron chi connectivity index (χ1n) is 3.99. The molecule has 0 saturated heterocycles. The smallest absolute Gasteiger partial charge is 0.184 e. The van der Waals surface area contributed by atoms with E-state index in [2.05, 4.69) is 10.3 Å². The fraction of sp³-hybridized carbons (Fsp3) is 0.625. The second-order valence-corrected chi connectivity index (χ2v) is 5.15. The molecule has 5 heteroatoms. The third-order valence-corrected chi connectivity index (χ3v) is 2.98. The molecule has 1 heterocycles. The average Bonchev–Trinajstić information content (AvgIpc) is 2.34. The van der Waals surface area contributed by atoms with Gasteiger partial charge in [0.2, 0.25) is 0 Å². The molecule has 0 aliphatic carbocycles. The molecular weight excluding hydrogens is 208 g/mol. The summed E-state index contributed by atoms with van der Waals surface area (Å²) in [6.07, 6.45) is 1.14.